The van der Waals surface area contributed by atoms with Crippen LogP contribution in [0.15, 0.2) is 24.3 Å². The Kier molecular flexibility index (Phi) is 4.59. The Balaban J connectivity index is 2.99. The van der Waals surface area contributed by atoms with Gasteiger partial charge in [0.1, 0.15) is 0 Å². The number of nitrogens with zero attached hydrogens (tertiary/aromatic N) is 1. The van der Waals surface area contributed by atoms with Gasteiger partial charge in [0.15, 0.2) is 6.10 Å². The Hall–Kier alpha value is -1.95. The van der Waals surface area contributed by atoms with Crippen molar-refractivity contribution in [2.75, 3.05) is 13.7 Å². The molecule has 0 radical (unpaired) electrons. The molecule has 0 saturated heterocycles. The van der Waals surface area contributed by atoms with Crippen LogP contribution in [0.5, 0.6) is 0 Å². The molecule has 0 amide bonds. The van der Waals surface area contributed by atoms with Gasteiger partial charge in [0.2, 0.25) is 0 Å². The lowest BCUT2D eigenvalue weighted by molar-refractivity contribution is -0.385. The highest BCUT2D eigenvalue weighted by Crippen LogP contribution is 2.22. The van der Waals surface area contributed by atoms with Crippen molar-refractivity contribution in [1.82, 2.24) is 0 Å². The van der Waals surface area contributed by atoms with Gasteiger partial charge in [-0.25, -0.2) is 4.79 Å². The number of carbonyl (C=O) groups is 1. The van der Waals surface area contributed by atoms with Gasteiger partial charge in [-0.15, -0.1) is 0 Å². The third-order valence-electron chi connectivity index (χ3n) is 2.12. The van der Waals surface area contributed by atoms with Crippen molar-refractivity contribution in [2.24, 2.45) is 0 Å². The zero-order valence-corrected chi connectivity index (χ0v) is 9.58. The summed E-state index contributed by atoms with van der Waals surface area (Å²) in [5.74, 6) is -0.560. The zero-order valence-electron chi connectivity index (χ0n) is 9.58. The monoisotopic (exact) mass is 239 g/mol. The Labute approximate surface area is 98.3 Å². The molecule has 1 aromatic carbocycles. The van der Waals surface area contributed by atoms with E-state index in [-0.39, 0.29) is 12.3 Å². The number of ether oxygens (including phenoxy) is 2. The second kappa shape index (κ2) is 5.95. The minimum absolute atomic E-state index is 0.0890. The molecular weight excluding hydrogens is 226 g/mol. The van der Waals surface area contributed by atoms with Gasteiger partial charge in [0.05, 0.1) is 11.5 Å². The molecule has 0 aliphatic heterocycles. The second-order valence-corrected chi connectivity index (χ2v) is 3.22. The number of carbonyl (C=O) groups excluding carboxylic acids is 1. The van der Waals surface area contributed by atoms with Gasteiger partial charge in [-0.05, 0) is 12.5 Å². The smallest absolute Gasteiger partial charge is 0.339 e. The van der Waals surface area contributed by atoms with Crippen molar-refractivity contribution >= 4 is 11.7 Å². The fourth-order valence-electron chi connectivity index (χ4n) is 1.39. The van der Waals surface area contributed by atoms with E-state index in [1.165, 1.54) is 25.3 Å². The lowest BCUT2D eigenvalue weighted by atomic mass is 10.1. The molecule has 0 bridgehead atoms. The topological polar surface area (TPSA) is 78.7 Å². The molecule has 92 valence electrons. The predicted octanol–water partition coefficient (Wildman–Crippen LogP) is 1.85. The maximum atomic E-state index is 11.5. The molecule has 0 heterocycles. The number of esters is 1. The van der Waals surface area contributed by atoms with Crippen molar-refractivity contribution in [3.63, 3.8) is 0 Å². The molecule has 6 heteroatoms. The van der Waals surface area contributed by atoms with Gasteiger partial charge in [-0.1, -0.05) is 12.1 Å². The quantitative estimate of drug-likeness (QED) is 0.445. The number of rotatable bonds is 5. The largest absolute Gasteiger partial charge is 0.464 e. The van der Waals surface area contributed by atoms with Crippen LogP contribution in [-0.2, 0) is 14.3 Å². The van der Waals surface area contributed by atoms with E-state index in [0.717, 1.165) is 0 Å². The molecule has 17 heavy (non-hydrogen) atoms. The number of nitro benzene ring substituents is 1. The lowest BCUT2D eigenvalue weighted by Crippen LogP contribution is -2.17. The maximum absolute atomic E-state index is 11.5. The van der Waals surface area contributed by atoms with Crippen molar-refractivity contribution in [2.45, 2.75) is 13.0 Å². The minimum Gasteiger partial charge on any atom is -0.464 e. The van der Waals surface area contributed by atoms with E-state index < -0.39 is 17.0 Å². The van der Waals surface area contributed by atoms with Crippen LogP contribution < -0.4 is 0 Å². The molecule has 0 saturated carbocycles. The third-order valence-corrected chi connectivity index (χ3v) is 2.12. The van der Waals surface area contributed by atoms with E-state index in [0.29, 0.717) is 5.56 Å². The van der Waals surface area contributed by atoms with Crippen LogP contribution >= 0.6 is 0 Å². The molecule has 0 spiro atoms. The molecule has 1 aromatic rings. The fourth-order valence-corrected chi connectivity index (χ4v) is 1.39. The van der Waals surface area contributed by atoms with Gasteiger partial charge in [-0.2, -0.15) is 0 Å². The van der Waals surface area contributed by atoms with E-state index in [1.807, 2.05) is 0 Å². The van der Waals surface area contributed by atoms with E-state index in [1.54, 1.807) is 13.0 Å². The fraction of sp³-hybridized carbons (Fsp3) is 0.364. The molecule has 1 unspecified atom stereocenters. The van der Waals surface area contributed by atoms with Crippen LogP contribution in [0.2, 0.25) is 0 Å². The van der Waals surface area contributed by atoms with Crippen LogP contribution in [0.4, 0.5) is 5.69 Å². The summed E-state index contributed by atoms with van der Waals surface area (Å²) in [4.78, 5) is 21.6. The maximum Gasteiger partial charge on any atom is 0.339 e. The standard InChI is InChI=1S/C11H13NO5/c1-3-17-11(13)10(16-2)8-5-4-6-9(7-8)12(14)15/h4-7,10H,3H2,1-2H3. The van der Waals surface area contributed by atoms with Crippen LogP contribution in [0.25, 0.3) is 0 Å². The summed E-state index contributed by atoms with van der Waals surface area (Å²) in [5.41, 5.74) is 0.314. The van der Waals surface area contributed by atoms with E-state index in [4.69, 9.17) is 9.47 Å². The van der Waals surface area contributed by atoms with Crippen molar-refractivity contribution in [3.05, 3.63) is 39.9 Å². The zero-order chi connectivity index (χ0) is 12.8. The van der Waals surface area contributed by atoms with Crippen molar-refractivity contribution < 1.29 is 19.2 Å². The first-order chi connectivity index (χ1) is 8.10. The molecule has 0 N–H and O–H groups in total. The molecule has 6 nitrogen and oxygen atoms in total. The molecule has 0 aromatic heterocycles. The number of methoxy groups -OCH3 is 1. The molecule has 0 fully saturated rings. The second-order valence-electron chi connectivity index (χ2n) is 3.22. The summed E-state index contributed by atoms with van der Waals surface area (Å²) in [6, 6.07) is 5.73. The van der Waals surface area contributed by atoms with Crippen molar-refractivity contribution in [3.8, 4) is 0 Å². The SMILES string of the molecule is CCOC(=O)C(OC)c1cccc([N+](=O)[O-])c1. The minimum atomic E-state index is -0.935. The molecule has 0 aliphatic carbocycles. The summed E-state index contributed by atoms with van der Waals surface area (Å²) < 4.78 is 9.80. The number of nitro groups is 1. The number of non-ortho nitro benzene ring substituents is 1. The Bertz CT molecular complexity index is 418. The summed E-state index contributed by atoms with van der Waals surface area (Å²) in [5, 5.41) is 10.6. The molecule has 0 aliphatic rings. The summed E-state index contributed by atoms with van der Waals surface area (Å²) in [6.45, 7) is 1.91. The number of hydrogen-bond acceptors (Lipinski definition) is 5. The first-order valence-electron chi connectivity index (χ1n) is 5.04. The molecular formula is C11H13NO5. The third kappa shape index (κ3) is 3.25. The van der Waals surface area contributed by atoms with Gasteiger partial charge >= 0.3 is 5.97 Å². The summed E-state index contributed by atoms with van der Waals surface area (Å²) in [6.07, 6.45) is -0.935. The average Bonchev–Trinajstić information content (AvgIpc) is 2.30. The van der Waals surface area contributed by atoms with Gasteiger partial charge in [0, 0.05) is 19.2 Å². The van der Waals surface area contributed by atoms with Gasteiger partial charge in [0.25, 0.3) is 5.69 Å². The highest BCUT2D eigenvalue weighted by molar-refractivity contribution is 5.76. The number of hydrogen-bond donors (Lipinski definition) is 0. The van der Waals surface area contributed by atoms with Gasteiger partial charge in [-0.3, -0.25) is 10.1 Å². The normalized spacial score (nSPS) is 11.9. The first kappa shape index (κ1) is 13.1. The Morgan fingerprint density at radius 1 is 1.53 bits per heavy atom. The van der Waals surface area contributed by atoms with Crippen LogP contribution in [0, 0.1) is 10.1 Å². The van der Waals surface area contributed by atoms with E-state index in [9.17, 15) is 14.9 Å². The average molecular weight is 239 g/mol. The summed E-state index contributed by atoms with van der Waals surface area (Å²) in [7, 11) is 1.35. The van der Waals surface area contributed by atoms with E-state index >= 15 is 0 Å². The first-order valence-corrected chi connectivity index (χ1v) is 5.04. The van der Waals surface area contributed by atoms with Crippen LogP contribution in [0.3, 0.4) is 0 Å². The Morgan fingerprint density at radius 2 is 2.24 bits per heavy atom. The Morgan fingerprint density at radius 3 is 2.76 bits per heavy atom. The number of benzene rings is 1. The highest BCUT2D eigenvalue weighted by Gasteiger charge is 2.23. The molecule has 1 rings (SSSR count). The van der Waals surface area contributed by atoms with Crippen LogP contribution in [-0.4, -0.2) is 24.6 Å². The van der Waals surface area contributed by atoms with Gasteiger partial charge < -0.3 is 9.47 Å². The molecule has 1 atom stereocenters. The van der Waals surface area contributed by atoms with Crippen LogP contribution in [0.1, 0.15) is 18.6 Å². The highest BCUT2D eigenvalue weighted by atomic mass is 16.6. The van der Waals surface area contributed by atoms with E-state index in [2.05, 4.69) is 0 Å². The van der Waals surface area contributed by atoms with Crippen molar-refractivity contribution in [1.29, 1.82) is 0 Å². The lowest BCUT2D eigenvalue weighted by Gasteiger charge is -2.13. The summed E-state index contributed by atoms with van der Waals surface area (Å²) >= 11 is 0. The predicted molar refractivity (Wildman–Crippen MR) is 59.5 cm³/mol.